The third-order valence-corrected chi connectivity index (χ3v) is 4.34. The van der Waals surface area contributed by atoms with E-state index in [1.165, 1.54) is 0 Å². The summed E-state index contributed by atoms with van der Waals surface area (Å²) >= 11 is 1.65. The highest BCUT2D eigenvalue weighted by atomic mass is 32.1. The lowest BCUT2D eigenvalue weighted by Crippen LogP contribution is -2.35. The van der Waals surface area contributed by atoms with Crippen molar-refractivity contribution >= 4 is 23.4 Å². The van der Waals surface area contributed by atoms with Crippen LogP contribution in [0.5, 0.6) is 0 Å². The lowest BCUT2D eigenvalue weighted by Gasteiger charge is -2.25. The highest BCUT2D eigenvalue weighted by molar-refractivity contribution is 7.13. The Morgan fingerprint density at radius 2 is 2.05 bits per heavy atom. The number of aromatic nitrogens is 1. The standard InChI is InChI=1S/C15H17N3O2S/c19-11-16-13-3-1-12(2-4-13)15-17-14(10-21-15)9-18-5-7-20-8-6-18/h1-4,10-11H,5-9H2,(H,16,19). The zero-order valence-electron chi connectivity index (χ0n) is 11.6. The van der Waals surface area contributed by atoms with Crippen LogP contribution >= 0.6 is 11.3 Å². The SMILES string of the molecule is O=CNc1ccc(-c2nc(CN3CCOCC3)cs2)cc1. The number of ether oxygens (including phenoxy) is 1. The van der Waals surface area contributed by atoms with Crippen LogP contribution in [0.4, 0.5) is 5.69 Å². The fourth-order valence-electron chi connectivity index (χ4n) is 2.28. The minimum absolute atomic E-state index is 0.679. The average Bonchev–Trinajstić information content (AvgIpc) is 2.98. The molecule has 0 aliphatic carbocycles. The van der Waals surface area contributed by atoms with Crippen molar-refractivity contribution in [2.45, 2.75) is 6.54 Å². The molecule has 2 heterocycles. The first-order valence-electron chi connectivity index (χ1n) is 6.90. The quantitative estimate of drug-likeness (QED) is 0.861. The van der Waals surface area contributed by atoms with Crippen molar-refractivity contribution < 1.29 is 9.53 Å². The van der Waals surface area contributed by atoms with Gasteiger partial charge in [0.2, 0.25) is 6.41 Å². The van der Waals surface area contributed by atoms with E-state index in [1.54, 1.807) is 11.3 Å². The summed E-state index contributed by atoms with van der Waals surface area (Å²) in [7, 11) is 0. The first kappa shape index (κ1) is 14.2. The minimum Gasteiger partial charge on any atom is -0.379 e. The zero-order valence-corrected chi connectivity index (χ0v) is 12.4. The lowest BCUT2D eigenvalue weighted by molar-refractivity contribution is -0.105. The molecule has 0 atom stereocenters. The van der Waals surface area contributed by atoms with E-state index in [1.807, 2.05) is 24.3 Å². The number of hydrogen-bond donors (Lipinski definition) is 1. The molecule has 0 bridgehead atoms. The summed E-state index contributed by atoms with van der Waals surface area (Å²) in [5, 5.41) is 5.75. The third-order valence-electron chi connectivity index (χ3n) is 3.40. The summed E-state index contributed by atoms with van der Waals surface area (Å²) in [6.07, 6.45) is 0.679. The summed E-state index contributed by atoms with van der Waals surface area (Å²) in [4.78, 5) is 17.4. The summed E-state index contributed by atoms with van der Waals surface area (Å²) in [6.45, 7) is 4.44. The number of carbonyl (C=O) groups is 1. The number of anilines is 1. The van der Waals surface area contributed by atoms with E-state index in [0.29, 0.717) is 6.41 Å². The molecule has 1 aliphatic rings. The van der Waals surface area contributed by atoms with Crippen molar-refractivity contribution in [3.05, 3.63) is 35.3 Å². The second-order valence-corrected chi connectivity index (χ2v) is 5.73. The van der Waals surface area contributed by atoms with Gasteiger partial charge in [0, 0.05) is 36.3 Å². The number of nitrogens with zero attached hydrogens (tertiary/aromatic N) is 2. The molecule has 1 amide bonds. The van der Waals surface area contributed by atoms with Gasteiger partial charge in [-0.2, -0.15) is 0 Å². The molecule has 1 fully saturated rings. The number of hydrogen-bond acceptors (Lipinski definition) is 5. The van der Waals surface area contributed by atoms with Gasteiger partial charge < -0.3 is 10.1 Å². The number of nitrogens with one attached hydrogen (secondary N) is 1. The molecule has 1 saturated heterocycles. The minimum atomic E-state index is 0.679. The predicted octanol–water partition coefficient (Wildman–Crippen LogP) is 2.21. The van der Waals surface area contributed by atoms with Gasteiger partial charge in [-0.25, -0.2) is 4.98 Å². The Morgan fingerprint density at radius 3 is 2.76 bits per heavy atom. The molecule has 0 unspecified atom stereocenters. The molecule has 0 radical (unpaired) electrons. The molecule has 0 spiro atoms. The molecule has 3 rings (SSSR count). The van der Waals surface area contributed by atoms with E-state index < -0.39 is 0 Å². The van der Waals surface area contributed by atoms with Gasteiger partial charge in [0.05, 0.1) is 18.9 Å². The van der Waals surface area contributed by atoms with Gasteiger partial charge in [-0.15, -0.1) is 11.3 Å². The number of benzene rings is 1. The van der Waals surface area contributed by atoms with E-state index in [2.05, 4.69) is 15.6 Å². The first-order valence-corrected chi connectivity index (χ1v) is 7.78. The summed E-state index contributed by atoms with van der Waals surface area (Å²) in [6, 6.07) is 7.71. The molecular weight excluding hydrogens is 286 g/mol. The Morgan fingerprint density at radius 1 is 1.29 bits per heavy atom. The van der Waals surface area contributed by atoms with Crippen LogP contribution in [-0.2, 0) is 16.1 Å². The van der Waals surface area contributed by atoms with Crippen LogP contribution in [0, 0.1) is 0 Å². The Bertz CT molecular complexity index is 591. The highest BCUT2D eigenvalue weighted by Crippen LogP contribution is 2.25. The van der Waals surface area contributed by atoms with Gasteiger partial charge in [0.15, 0.2) is 0 Å². The fraction of sp³-hybridized carbons (Fsp3) is 0.333. The van der Waals surface area contributed by atoms with E-state index >= 15 is 0 Å². The van der Waals surface area contributed by atoms with Crippen LogP contribution in [0.2, 0.25) is 0 Å². The molecule has 1 N–H and O–H groups in total. The summed E-state index contributed by atoms with van der Waals surface area (Å²) in [5.41, 5.74) is 2.97. The molecule has 6 heteroatoms. The smallest absolute Gasteiger partial charge is 0.211 e. The summed E-state index contributed by atoms with van der Waals surface area (Å²) in [5.74, 6) is 0. The van der Waals surface area contributed by atoms with Crippen LogP contribution < -0.4 is 5.32 Å². The zero-order chi connectivity index (χ0) is 14.5. The van der Waals surface area contributed by atoms with Gasteiger partial charge in [-0.05, 0) is 24.3 Å². The van der Waals surface area contributed by atoms with Crippen LogP contribution in [0.25, 0.3) is 10.6 Å². The van der Waals surface area contributed by atoms with Crippen molar-refractivity contribution in [1.82, 2.24) is 9.88 Å². The average molecular weight is 303 g/mol. The molecule has 1 aromatic carbocycles. The van der Waals surface area contributed by atoms with Gasteiger partial charge in [0.1, 0.15) is 5.01 Å². The molecule has 1 aliphatic heterocycles. The number of thiazole rings is 1. The van der Waals surface area contributed by atoms with Crippen molar-refractivity contribution in [2.24, 2.45) is 0 Å². The molecule has 2 aromatic rings. The Labute approximate surface area is 127 Å². The van der Waals surface area contributed by atoms with Crippen LogP contribution in [0.3, 0.4) is 0 Å². The van der Waals surface area contributed by atoms with E-state index in [-0.39, 0.29) is 0 Å². The Kier molecular flexibility index (Phi) is 4.59. The highest BCUT2D eigenvalue weighted by Gasteiger charge is 2.13. The van der Waals surface area contributed by atoms with Crippen molar-refractivity contribution in [3.63, 3.8) is 0 Å². The fourth-order valence-corrected chi connectivity index (χ4v) is 3.09. The maximum absolute atomic E-state index is 10.4. The molecule has 21 heavy (non-hydrogen) atoms. The largest absolute Gasteiger partial charge is 0.379 e. The van der Waals surface area contributed by atoms with Gasteiger partial charge in [-0.3, -0.25) is 9.69 Å². The maximum atomic E-state index is 10.4. The number of carbonyl (C=O) groups excluding carboxylic acids is 1. The monoisotopic (exact) mass is 303 g/mol. The van der Waals surface area contributed by atoms with Gasteiger partial charge >= 0.3 is 0 Å². The third kappa shape index (κ3) is 3.66. The van der Waals surface area contributed by atoms with E-state index in [9.17, 15) is 4.79 Å². The normalized spacial score (nSPS) is 15.8. The van der Waals surface area contributed by atoms with Gasteiger partial charge in [-0.1, -0.05) is 0 Å². The van der Waals surface area contributed by atoms with Crippen LogP contribution in [-0.4, -0.2) is 42.6 Å². The second kappa shape index (κ2) is 6.80. The molecule has 5 nitrogen and oxygen atoms in total. The number of amides is 1. The molecular formula is C15H17N3O2S. The van der Waals surface area contributed by atoms with Crippen LogP contribution in [0.15, 0.2) is 29.6 Å². The maximum Gasteiger partial charge on any atom is 0.211 e. The Hall–Kier alpha value is -1.76. The second-order valence-electron chi connectivity index (χ2n) is 4.87. The Balaban J connectivity index is 1.67. The topological polar surface area (TPSA) is 54.5 Å². The lowest BCUT2D eigenvalue weighted by atomic mass is 10.2. The van der Waals surface area contributed by atoms with Crippen LogP contribution in [0.1, 0.15) is 5.69 Å². The van der Waals surface area contributed by atoms with E-state index in [0.717, 1.165) is 54.8 Å². The number of rotatable bonds is 5. The van der Waals surface area contributed by atoms with Crippen molar-refractivity contribution in [3.8, 4) is 10.6 Å². The summed E-state index contributed by atoms with van der Waals surface area (Å²) < 4.78 is 5.35. The first-order chi connectivity index (χ1) is 10.3. The van der Waals surface area contributed by atoms with Crippen molar-refractivity contribution in [2.75, 3.05) is 31.6 Å². The predicted molar refractivity (Wildman–Crippen MR) is 83.3 cm³/mol. The van der Waals surface area contributed by atoms with Crippen molar-refractivity contribution in [1.29, 1.82) is 0 Å². The van der Waals surface area contributed by atoms with Gasteiger partial charge in [0.25, 0.3) is 0 Å². The molecule has 1 aromatic heterocycles. The van der Waals surface area contributed by atoms with E-state index in [4.69, 9.17) is 9.72 Å². The molecule has 110 valence electrons. The molecule has 0 saturated carbocycles. The number of morpholine rings is 1.